The molecule has 0 aromatic carbocycles. The second kappa shape index (κ2) is 7.23. The molecule has 2 aromatic heterocycles. The molecule has 2 heterocycles. The summed E-state index contributed by atoms with van der Waals surface area (Å²) in [6.07, 6.45) is 3.16. The van der Waals surface area contributed by atoms with Crippen LogP contribution >= 0.6 is 11.3 Å². The fraction of sp³-hybridized carbons (Fsp3) is 0.588. The first-order valence-corrected chi connectivity index (χ1v) is 8.68. The SMILES string of the molecule is CCCNC(Cc1cc(CC)nn1C)c1cc(C)c(C)s1. The Morgan fingerprint density at radius 2 is 2.05 bits per heavy atom. The van der Waals surface area contributed by atoms with Gasteiger partial charge in [0.25, 0.3) is 0 Å². The summed E-state index contributed by atoms with van der Waals surface area (Å²) < 4.78 is 2.03. The van der Waals surface area contributed by atoms with Gasteiger partial charge in [-0.1, -0.05) is 13.8 Å². The van der Waals surface area contributed by atoms with Crippen molar-refractivity contribution in [2.45, 2.75) is 53.0 Å². The highest BCUT2D eigenvalue weighted by atomic mass is 32.1. The van der Waals surface area contributed by atoms with Crippen LogP contribution in [-0.2, 0) is 19.9 Å². The fourth-order valence-electron chi connectivity index (χ4n) is 2.51. The molecule has 1 N–H and O–H groups in total. The van der Waals surface area contributed by atoms with Crippen molar-refractivity contribution in [2.24, 2.45) is 7.05 Å². The van der Waals surface area contributed by atoms with E-state index in [-0.39, 0.29) is 0 Å². The molecule has 3 nitrogen and oxygen atoms in total. The molecule has 0 aliphatic heterocycles. The molecule has 4 heteroatoms. The average Bonchev–Trinajstić information content (AvgIpc) is 2.98. The Balaban J connectivity index is 2.21. The Morgan fingerprint density at radius 3 is 2.57 bits per heavy atom. The highest BCUT2D eigenvalue weighted by Gasteiger charge is 2.17. The first-order chi connectivity index (χ1) is 10.0. The van der Waals surface area contributed by atoms with Gasteiger partial charge in [-0.2, -0.15) is 5.10 Å². The maximum absolute atomic E-state index is 4.57. The number of hydrogen-bond acceptors (Lipinski definition) is 3. The summed E-state index contributed by atoms with van der Waals surface area (Å²) in [5, 5.41) is 8.27. The van der Waals surface area contributed by atoms with Gasteiger partial charge >= 0.3 is 0 Å². The topological polar surface area (TPSA) is 29.9 Å². The Morgan fingerprint density at radius 1 is 1.29 bits per heavy atom. The van der Waals surface area contributed by atoms with Gasteiger partial charge in [0.15, 0.2) is 0 Å². The Bertz CT molecular complexity index is 563. The summed E-state index contributed by atoms with van der Waals surface area (Å²) in [6.45, 7) is 9.84. The number of aromatic nitrogens is 2. The minimum Gasteiger partial charge on any atom is -0.309 e. The molecule has 0 amide bonds. The first-order valence-electron chi connectivity index (χ1n) is 7.87. The summed E-state index contributed by atoms with van der Waals surface area (Å²) in [5.41, 5.74) is 3.89. The second-order valence-corrected chi connectivity index (χ2v) is 6.99. The molecule has 0 bridgehead atoms. The molecule has 2 aromatic rings. The highest BCUT2D eigenvalue weighted by molar-refractivity contribution is 7.12. The van der Waals surface area contributed by atoms with Gasteiger partial charge in [-0.3, -0.25) is 4.68 Å². The first kappa shape index (κ1) is 16.2. The molecule has 116 valence electrons. The maximum Gasteiger partial charge on any atom is 0.0624 e. The minimum absolute atomic E-state index is 0.391. The summed E-state index contributed by atoms with van der Waals surface area (Å²) in [6, 6.07) is 4.97. The fourth-order valence-corrected chi connectivity index (χ4v) is 3.63. The molecule has 0 fully saturated rings. The zero-order valence-electron chi connectivity index (χ0n) is 13.9. The van der Waals surface area contributed by atoms with Crippen LogP contribution in [0.5, 0.6) is 0 Å². The molecule has 0 saturated carbocycles. The van der Waals surface area contributed by atoms with Crippen LogP contribution in [0.2, 0.25) is 0 Å². The van der Waals surface area contributed by atoms with Crippen molar-refractivity contribution in [3.05, 3.63) is 38.8 Å². The summed E-state index contributed by atoms with van der Waals surface area (Å²) in [5.74, 6) is 0. The van der Waals surface area contributed by atoms with E-state index in [0.717, 1.165) is 25.8 Å². The van der Waals surface area contributed by atoms with Gasteiger partial charge in [0.05, 0.1) is 5.69 Å². The van der Waals surface area contributed by atoms with Crippen LogP contribution in [0.3, 0.4) is 0 Å². The van der Waals surface area contributed by atoms with Crippen LogP contribution in [0.4, 0.5) is 0 Å². The summed E-state index contributed by atoms with van der Waals surface area (Å²) in [4.78, 5) is 2.87. The van der Waals surface area contributed by atoms with E-state index in [9.17, 15) is 0 Å². The molecule has 1 unspecified atom stereocenters. The second-order valence-electron chi connectivity index (χ2n) is 5.70. The third-order valence-corrected chi connectivity index (χ3v) is 5.24. The van der Waals surface area contributed by atoms with Crippen LogP contribution in [-0.4, -0.2) is 16.3 Å². The standard InChI is InChI=1S/C17H27N3S/c1-6-8-18-16(17-9-12(3)13(4)21-17)11-15-10-14(7-2)19-20(15)5/h9-10,16,18H,6-8,11H2,1-5H3. The molecule has 0 radical (unpaired) electrons. The average molecular weight is 305 g/mol. The van der Waals surface area contributed by atoms with Crippen molar-refractivity contribution in [3.8, 4) is 0 Å². The third-order valence-electron chi connectivity index (χ3n) is 3.97. The lowest BCUT2D eigenvalue weighted by Gasteiger charge is -2.17. The summed E-state index contributed by atoms with van der Waals surface area (Å²) >= 11 is 1.92. The van der Waals surface area contributed by atoms with Gasteiger partial charge in [-0.05, 0) is 50.9 Å². The normalized spacial score (nSPS) is 12.8. The van der Waals surface area contributed by atoms with Crippen molar-refractivity contribution >= 4 is 11.3 Å². The van der Waals surface area contributed by atoms with E-state index in [0.29, 0.717) is 6.04 Å². The van der Waals surface area contributed by atoms with E-state index < -0.39 is 0 Å². The van der Waals surface area contributed by atoms with Gasteiger partial charge < -0.3 is 5.32 Å². The molecule has 0 aliphatic carbocycles. The smallest absolute Gasteiger partial charge is 0.0624 e. The molecule has 21 heavy (non-hydrogen) atoms. The Labute approximate surface area is 132 Å². The quantitative estimate of drug-likeness (QED) is 0.839. The number of nitrogens with one attached hydrogen (secondary N) is 1. The van der Waals surface area contributed by atoms with E-state index in [1.165, 1.54) is 26.7 Å². The Hall–Kier alpha value is -1.13. The van der Waals surface area contributed by atoms with E-state index in [1.807, 2.05) is 16.0 Å². The number of thiophene rings is 1. The molecular weight excluding hydrogens is 278 g/mol. The zero-order chi connectivity index (χ0) is 15.4. The molecule has 1 atom stereocenters. The van der Waals surface area contributed by atoms with Crippen molar-refractivity contribution in [2.75, 3.05) is 6.54 Å². The van der Waals surface area contributed by atoms with E-state index in [4.69, 9.17) is 0 Å². The van der Waals surface area contributed by atoms with Crippen LogP contribution < -0.4 is 5.32 Å². The van der Waals surface area contributed by atoms with Gasteiger partial charge in [-0.15, -0.1) is 11.3 Å². The molecule has 2 rings (SSSR count). The molecular formula is C17H27N3S. The van der Waals surface area contributed by atoms with Crippen LogP contribution in [0.1, 0.15) is 53.0 Å². The monoisotopic (exact) mass is 305 g/mol. The number of nitrogens with zero attached hydrogens (tertiary/aromatic N) is 2. The van der Waals surface area contributed by atoms with Crippen LogP contribution in [0, 0.1) is 13.8 Å². The lowest BCUT2D eigenvalue weighted by Crippen LogP contribution is -2.24. The third kappa shape index (κ3) is 3.95. The largest absolute Gasteiger partial charge is 0.309 e. The van der Waals surface area contributed by atoms with Gasteiger partial charge in [0, 0.05) is 35.0 Å². The predicted octanol–water partition coefficient (Wildman–Crippen LogP) is 3.94. The van der Waals surface area contributed by atoms with Crippen LogP contribution in [0.25, 0.3) is 0 Å². The van der Waals surface area contributed by atoms with Crippen molar-refractivity contribution < 1.29 is 0 Å². The summed E-state index contributed by atoms with van der Waals surface area (Å²) in [7, 11) is 2.05. The number of rotatable bonds is 7. The van der Waals surface area contributed by atoms with E-state index >= 15 is 0 Å². The Kier molecular flexibility index (Phi) is 5.59. The maximum atomic E-state index is 4.57. The molecule has 0 spiro atoms. The van der Waals surface area contributed by atoms with Crippen molar-refractivity contribution in [3.63, 3.8) is 0 Å². The lowest BCUT2D eigenvalue weighted by molar-refractivity contribution is 0.518. The lowest BCUT2D eigenvalue weighted by atomic mass is 10.1. The molecule has 0 aliphatic rings. The van der Waals surface area contributed by atoms with Crippen LogP contribution in [0.15, 0.2) is 12.1 Å². The highest BCUT2D eigenvalue weighted by Crippen LogP contribution is 2.29. The van der Waals surface area contributed by atoms with E-state index in [1.54, 1.807) is 0 Å². The van der Waals surface area contributed by atoms with Gasteiger partial charge in [0.1, 0.15) is 0 Å². The zero-order valence-corrected chi connectivity index (χ0v) is 14.7. The van der Waals surface area contributed by atoms with Crippen molar-refractivity contribution in [1.29, 1.82) is 0 Å². The van der Waals surface area contributed by atoms with Crippen molar-refractivity contribution in [1.82, 2.24) is 15.1 Å². The minimum atomic E-state index is 0.391. The predicted molar refractivity (Wildman–Crippen MR) is 91.1 cm³/mol. The molecule has 0 saturated heterocycles. The number of hydrogen-bond donors (Lipinski definition) is 1. The van der Waals surface area contributed by atoms with Gasteiger partial charge in [0.2, 0.25) is 0 Å². The van der Waals surface area contributed by atoms with Gasteiger partial charge in [-0.25, -0.2) is 0 Å². The number of aryl methyl sites for hydroxylation is 4. The van der Waals surface area contributed by atoms with E-state index in [2.05, 4.69) is 57.3 Å².